The molecule has 9 heavy (non-hydrogen) atoms. The third kappa shape index (κ3) is 2.45. The molecule has 0 spiro atoms. The second-order valence-corrected chi connectivity index (χ2v) is 2.50. The standard InChI is InChI=1S/C6H12N2O/c1-6(2,9)5(4-7)8-3/h5,8-9H,1-3H3. The Morgan fingerprint density at radius 3 is 2.11 bits per heavy atom. The molecule has 1 unspecified atom stereocenters. The van der Waals surface area contributed by atoms with Crippen molar-refractivity contribution in [3.05, 3.63) is 0 Å². The molecule has 0 aromatic rings. The Morgan fingerprint density at radius 2 is 2.11 bits per heavy atom. The van der Waals surface area contributed by atoms with Crippen LogP contribution >= 0.6 is 0 Å². The maximum absolute atomic E-state index is 9.19. The van der Waals surface area contributed by atoms with Gasteiger partial charge in [-0.05, 0) is 20.9 Å². The number of nitriles is 1. The Morgan fingerprint density at radius 1 is 1.67 bits per heavy atom. The van der Waals surface area contributed by atoms with Gasteiger partial charge < -0.3 is 10.4 Å². The normalized spacial score (nSPS) is 14.6. The Bertz CT molecular complexity index is 120. The summed E-state index contributed by atoms with van der Waals surface area (Å²) in [5, 5.41) is 20.3. The summed E-state index contributed by atoms with van der Waals surface area (Å²) in [6.07, 6.45) is 0. The molecule has 0 aliphatic rings. The van der Waals surface area contributed by atoms with Gasteiger partial charge in [0.2, 0.25) is 0 Å². The zero-order valence-corrected chi connectivity index (χ0v) is 5.97. The fourth-order valence-electron chi connectivity index (χ4n) is 0.576. The van der Waals surface area contributed by atoms with Crippen LogP contribution in [0.4, 0.5) is 0 Å². The largest absolute Gasteiger partial charge is 0.388 e. The van der Waals surface area contributed by atoms with Crippen LogP contribution in [0.5, 0.6) is 0 Å². The quantitative estimate of drug-likeness (QED) is 0.544. The van der Waals surface area contributed by atoms with E-state index in [9.17, 15) is 5.11 Å². The van der Waals surface area contributed by atoms with Gasteiger partial charge in [0.05, 0.1) is 11.7 Å². The zero-order valence-electron chi connectivity index (χ0n) is 5.97. The minimum Gasteiger partial charge on any atom is -0.388 e. The summed E-state index contributed by atoms with van der Waals surface area (Å²) >= 11 is 0. The fourth-order valence-corrected chi connectivity index (χ4v) is 0.576. The number of aliphatic hydroxyl groups is 1. The summed E-state index contributed by atoms with van der Waals surface area (Å²) in [5.41, 5.74) is -0.955. The van der Waals surface area contributed by atoms with Crippen LogP contribution in [0.2, 0.25) is 0 Å². The molecule has 0 fully saturated rings. The van der Waals surface area contributed by atoms with Crippen molar-refractivity contribution < 1.29 is 5.11 Å². The van der Waals surface area contributed by atoms with Crippen LogP contribution in [0.25, 0.3) is 0 Å². The summed E-state index contributed by atoms with van der Waals surface area (Å²) in [5.74, 6) is 0. The van der Waals surface area contributed by atoms with Crippen molar-refractivity contribution in [2.24, 2.45) is 0 Å². The SMILES string of the molecule is CNC(C#N)C(C)(C)O. The number of rotatable bonds is 2. The number of nitrogens with zero attached hydrogens (tertiary/aromatic N) is 1. The zero-order chi connectivity index (χ0) is 7.49. The summed E-state index contributed by atoms with van der Waals surface area (Å²) in [7, 11) is 1.64. The van der Waals surface area contributed by atoms with E-state index in [1.807, 2.05) is 6.07 Å². The minimum absolute atomic E-state index is 0.488. The summed E-state index contributed by atoms with van der Waals surface area (Å²) in [6.45, 7) is 3.19. The molecule has 0 radical (unpaired) electrons. The van der Waals surface area contributed by atoms with E-state index in [0.29, 0.717) is 0 Å². The molecule has 52 valence electrons. The molecule has 0 bridgehead atoms. The Labute approximate surface area is 55.3 Å². The second-order valence-electron chi connectivity index (χ2n) is 2.50. The average Bonchev–Trinajstić information content (AvgIpc) is 1.65. The highest BCUT2D eigenvalue weighted by Gasteiger charge is 2.24. The highest BCUT2D eigenvalue weighted by atomic mass is 16.3. The van der Waals surface area contributed by atoms with Crippen molar-refractivity contribution in [1.82, 2.24) is 5.32 Å². The molecule has 0 saturated heterocycles. The van der Waals surface area contributed by atoms with Gasteiger partial charge in [0, 0.05) is 0 Å². The van der Waals surface area contributed by atoms with E-state index in [1.54, 1.807) is 20.9 Å². The minimum atomic E-state index is -0.955. The molecule has 1 atom stereocenters. The summed E-state index contributed by atoms with van der Waals surface area (Å²) in [6, 6.07) is 1.44. The van der Waals surface area contributed by atoms with E-state index in [1.165, 1.54) is 0 Å². The second kappa shape index (κ2) is 2.81. The first-order valence-electron chi connectivity index (χ1n) is 2.81. The van der Waals surface area contributed by atoms with E-state index < -0.39 is 11.6 Å². The molecule has 0 aliphatic heterocycles. The van der Waals surface area contributed by atoms with E-state index in [2.05, 4.69) is 5.32 Å². The lowest BCUT2D eigenvalue weighted by Gasteiger charge is -2.22. The van der Waals surface area contributed by atoms with Crippen molar-refractivity contribution in [1.29, 1.82) is 5.26 Å². The molecule has 0 amide bonds. The predicted octanol–water partition coefficient (Wildman–Crippen LogP) is -0.131. The molecule has 0 aromatic heterocycles. The van der Waals surface area contributed by atoms with Gasteiger partial charge in [-0.1, -0.05) is 0 Å². The van der Waals surface area contributed by atoms with E-state index in [-0.39, 0.29) is 0 Å². The van der Waals surface area contributed by atoms with Crippen LogP contribution in [0, 0.1) is 11.3 Å². The molecule has 0 saturated carbocycles. The van der Waals surface area contributed by atoms with Crippen LogP contribution in [0.1, 0.15) is 13.8 Å². The van der Waals surface area contributed by atoms with Crippen LogP contribution in [-0.4, -0.2) is 23.8 Å². The van der Waals surface area contributed by atoms with Crippen molar-refractivity contribution >= 4 is 0 Å². The van der Waals surface area contributed by atoms with E-state index in [0.717, 1.165) is 0 Å². The molecule has 0 heterocycles. The number of nitrogens with one attached hydrogen (secondary N) is 1. The fraction of sp³-hybridized carbons (Fsp3) is 0.833. The molecular formula is C6H12N2O. The van der Waals surface area contributed by atoms with Crippen LogP contribution in [0.15, 0.2) is 0 Å². The van der Waals surface area contributed by atoms with Crippen LogP contribution < -0.4 is 5.32 Å². The van der Waals surface area contributed by atoms with Crippen LogP contribution in [-0.2, 0) is 0 Å². The highest BCUT2D eigenvalue weighted by Crippen LogP contribution is 2.05. The van der Waals surface area contributed by atoms with Gasteiger partial charge in [0.25, 0.3) is 0 Å². The average molecular weight is 128 g/mol. The Kier molecular flexibility index (Phi) is 2.63. The van der Waals surface area contributed by atoms with Gasteiger partial charge in [0.1, 0.15) is 6.04 Å². The first kappa shape index (κ1) is 8.41. The van der Waals surface area contributed by atoms with Gasteiger partial charge in [0.15, 0.2) is 0 Å². The van der Waals surface area contributed by atoms with Gasteiger partial charge in [-0.2, -0.15) is 5.26 Å². The lowest BCUT2D eigenvalue weighted by atomic mass is 10.0. The van der Waals surface area contributed by atoms with Gasteiger partial charge in [-0.15, -0.1) is 0 Å². The highest BCUT2D eigenvalue weighted by molar-refractivity contribution is 4.99. The smallest absolute Gasteiger partial charge is 0.124 e. The molecule has 3 heteroatoms. The molecular weight excluding hydrogens is 116 g/mol. The van der Waals surface area contributed by atoms with Crippen LogP contribution in [0.3, 0.4) is 0 Å². The van der Waals surface area contributed by atoms with E-state index >= 15 is 0 Å². The number of hydrogen-bond acceptors (Lipinski definition) is 3. The predicted molar refractivity (Wildman–Crippen MR) is 34.8 cm³/mol. The molecule has 0 aliphatic carbocycles. The van der Waals surface area contributed by atoms with Gasteiger partial charge in [-0.3, -0.25) is 0 Å². The van der Waals surface area contributed by atoms with Crippen molar-refractivity contribution in [2.75, 3.05) is 7.05 Å². The lowest BCUT2D eigenvalue weighted by Crippen LogP contribution is -2.43. The van der Waals surface area contributed by atoms with Gasteiger partial charge >= 0.3 is 0 Å². The molecule has 3 nitrogen and oxygen atoms in total. The number of likely N-dealkylation sites (N-methyl/N-ethyl adjacent to an activating group) is 1. The maximum Gasteiger partial charge on any atom is 0.124 e. The first-order valence-corrected chi connectivity index (χ1v) is 2.81. The maximum atomic E-state index is 9.19. The third-order valence-corrected chi connectivity index (χ3v) is 1.12. The topological polar surface area (TPSA) is 56.0 Å². The molecule has 0 rings (SSSR count). The van der Waals surface area contributed by atoms with E-state index in [4.69, 9.17) is 5.26 Å². The van der Waals surface area contributed by atoms with Gasteiger partial charge in [-0.25, -0.2) is 0 Å². The van der Waals surface area contributed by atoms with Crippen molar-refractivity contribution in [3.8, 4) is 6.07 Å². The lowest BCUT2D eigenvalue weighted by molar-refractivity contribution is 0.0595. The Balaban J connectivity index is 4.00. The number of hydrogen-bond donors (Lipinski definition) is 2. The Hall–Kier alpha value is -0.590. The summed E-state index contributed by atoms with van der Waals surface area (Å²) in [4.78, 5) is 0. The molecule has 0 aromatic carbocycles. The molecule has 2 N–H and O–H groups in total. The third-order valence-electron chi connectivity index (χ3n) is 1.12. The first-order chi connectivity index (χ1) is 4.02. The van der Waals surface area contributed by atoms with Crippen molar-refractivity contribution in [3.63, 3.8) is 0 Å². The van der Waals surface area contributed by atoms with Crippen molar-refractivity contribution in [2.45, 2.75) is 25.5 Å². The summed E-state index contributed by atoms with van der Waals surface area (Å²) < 4.78 is 0. The monoisotopic (exact) mass is 128 g/mol.